The Morgan fingerprint density at radius 1 is 1.33 bits per heavy atom. The molecule has 0 radical (unpaired) electrons. The van der Waals surface area contributed by atoms with Crippen molar-refractivity contribution in [1.82, 2.24) is 0 Å². The van der Waals surface area contributed by atoms with Crippen LogP contribution in [0, 0.1) is 12.7 Å². The second-order valence-corrected chi connectivity index (χ2v) is 5.12. The molecule has 0 unspecified atom stereocenters. The first-order valence-corrected chi connectivity index (χ1v) is 6.36. The summed E-state index contributed by atoms with van der Waals surface area (Å²) in [6, 6.07) is 3.17. The molecule has 4 heteroatoms. The molecule has 1 aromatic rings. The minimum Gasteiger partial charge on any atom is -0.358 e. The van der Waals surface area contributed by atoms with Crippen LogP contribution < -0.4 is 9.80 Å². The first-order chi connectivity index (χ1) is 8.49. The van der Waals surface area contributed by atoms with E-state index in [-0.39, 0.29) is 11.6 Å². The predicted molar refractivity (Wildman–Crippen MR) is 70.0 cm³/mol. The Morgan fingerprint density at radius 2 is 1.94 bits per heavy atom. The van der Waals surface area contributed by atoms with Crippen molar-refractivity contribution in [3.05, 3.63) is 29.1 Å². The Kier molecular flexibility index (Phi) is 3.66. The topological polar surface area (TPSA) is 24.8 Å². The zero-order valence-electron chi connectivity index (χ0n) is 11.2. The standard InChI is InChI=1S/C14H19FN2O/c1-10-8-14(13(15)9-12(10)11(2)18)17-6-4-16(3)5-7-17/h8-9H,4-7H2,1-3H3/p+1. The molecule has 2 rings (SSSR count). The fourth-order valence-electron chi connectivity index (χ4n) is 2.42. The SMILES string of the molecule is CC(=O)c1cc(F)c(N2CC[NH+](C)CC2)cc1C. The lowest BCUT2D eigenvalue weighted by molar-refractivity contribution is -0.880. The van der Waals surface area contributed by atoms with Gasteiger partial charge in [0, 0.05) is 5.56 Å². The smallest absolute Gasteiger partial charge is 0.160 e. The largest absolute Gasteiger partial charge is 0.358 e. The Balaban J connectivity index is 2.29. The number of carbonyl (C=O) groups excluding carboxylic acids is 1. The summed E-state index contributed by atoms with van der Waals surface area (Å²) in [6.45, 7) is 7.10. The minimum atomic E-state index is -0.287. The predicted octanol–water partition coefficient (Wildman–Crippen LogP) is 0.671. The Labute approximate surface area is 107 Å². The quantitative estimate of drug-likeness (QED) is 0.782. The Hall–Kier alpha value is -1.42. The molecule has 0 amide bonds. The van der Waals surface area contributed by atoms with Crippen LogP contribution in [-0.2, 0) is 0 Å². The van der Waals surface area contributed by atoms with Crippen molar-refractivity contribution in [2.45, 2.75) is 13.8 Å². The maximum atomic E-state index is 14.1. The maximum Gasteiger partial charge on any atom is 0.160 e. The highest BCUT2D eigenvalue weighted by molar-refractivity contribution is 5.96. The summed E-state index contributed by atoms with van der Waals surface area (Å²) in [5.41, 5.74) is 1.96. The van der Waals surface area contributed by atoms with Crippen LogP contribution in [-0.4, -0.2) is 39.0 Å². The van der Waals surface area contributed by atoms with E-state index in [0.29, 0.717) is 11.3 Å². The number of piperazine rings is 1. The van der Waals surface area contributed by atoms with Gasteiger partial charge in [0.25, 0.3) is 0 Å². The normalized spacial score (nSPS) is 17.0. The molecule has 1 fully saturated rings. The summed E-state index contributed by atoms with van der Waals surface area (Å²) < 4.78 is 14.1. The number of hydrogen-bond donors (Lipinski definition) is 1. The monoisotopic (exact) mass is 251 g/mol. The van der Waals surface area contributed by atoms with Crippen LogP contribution in [0.5, 0.6) is 0 Å². The molecule has 1 aliphatic rings. The van der Waals surface area contributed by atoms with Crippen molar-refractivity contribution < 1.29 is 14.1 Å². The van der Waals surface area contributed by atoms with E-state index < -0.39 is 0 Å². The molecule has 1 saturated heterocycles. The third-order valence-electron chi connectivity index (χ3n) is 3.63. The maximum absolute atomic E-state index is 14.1. The van der Waals surface area contributed by atoms with Gasteiger partial charge in [-0.2, -0.15) is 0 Å². The Morgan fingerprint density at radius 3 is 2.50 bits per heavy atom. The van der Waals surface area contributed by atoms with Crippen LogP contribution in [0.4, 0.5) is 10.1 Å². The number of ketones is 1. The van der Waals surface area contributed by atoms with Gasteiger partial charge in [0.1, 0.15) is 5.82 Å². The lowest BCUT2D eigenvalue weighted by Gasteiger charge is -2.32. The molecule has 0 spiro atoms. The molecule has 18 heavy (non-hydrogen) atoms. The highest BCUT2D eigenvalue weighted by Crippen LogP contribution is 2.24. The molecule has 98 valence electrons. The number of rotatable bonds is 2. The number of Topliss-reactive ketones (excluding diaryl/α,β-unsaturated/α-hetero) is 1. The number of benzene rings is 1. The van der Waals surface area contributed by atoms with E-state index in [1.807, 2.05) is 6.92 Å². The van der Waals surface area contributed by atoms with Gasteiger partial charge in [0.05, 0.1) is 38.9 Å². The molecule has 1 N–H and O–H groups in total. The molecule has 1 aromatic carbocycles. The van der Waals surface area contributed by atoms with Gasteiger partial charge >= 0.3 is 0 Å². The zero-order chi connectivity index (χ0) is 13.3. The summed E-state index contributed by atoms with van der Waals surface area (Å²) in [6.07, 6.45) is 0. The highest BCUT2D eigenvalue weighted by Gasteiger charge is 2.21. The van der Waals surface area contributed by atoms with Crippen LogP contribution in [0.15, 0.2) is 12.1 Å². The average molecular weight is 251 g/mol. The van der Waals surface area contributed by atoms with E-state index in [1.54, 1.807) is 6.07 Å². The number of carbonyl (C=O) groups is 1. The molecule has 1 heterocycles. The van der Waals surface area contributed by atoms with Crippen molar-refractivity contribution >= 4 is 11.5 Å². The van der Waals surface area contributed by atoms with Crippen LogP contribution in [0.1, 0.15) is 22.8 Å². The molecule has 0 bridgehead atoms. The van der Waals surface area contributed by atoms with E-state index in [2.05, 4.69) is 11.9 Å². The van der Waals surface area contributed by atoms with E-state index in [4.69, 9.17) is 0 Å². The lowest BCUT2D eigenvalue weighted by Crippen LogP contribution is -3.12. The summed E-state index contributed by atoms with van der Waals surface area (Å²) in [4.78, 5) is 14.9. The van der Waals surface area contributed by atoms with Crippen molar-refractivity contribution in [2.75, 3.05) is 38.1 Å². The molecule has 0 aliphatic carbocycles. The summed E-state index contributed by atoms with van der Waals surface area (Å²) in [5, 5.41) is 0. The van der Waals surface area contributed by atoms with Gasteiger partial charge in [-0.15, -0.1) is 0 Å². The molecule has 1 aliphatic heterocycles. The number of halogens is 1. The fraction of sp³-hybridized carbons (Fsp3) is 0.500. The summed E-state index contributed by atoms with van der Waals surface area (Å²) >= 11 is 0. The van der Waals surface area contributed by atoms with E-state index in [9.17, 15) is 9.18 Å². The van der Waals surface area contributed by atoms with E-state index in [0.717, 1.165) is 31.7 Å². The van der Waals surface area contributed by atoms with Crippen molar-refractivity contribution in [3.63, 3.8) is 0 Å². The number of nitrogens with one attached hydrogen (secondary N) is 1. The van der Waals surface area contributed by atoms with Crippen molar-refractivity contribution in [3.8, 4) is 0 Å². The number of quaternary nitrogens is 1. The first-order valence-electron chi connectivity index (χ1n) is 6.36. The second-order valence-electron chi connectivity index (χ2n) is 5.12. The van der Waals surface area contributed by atoms with Crippen LogP contribution in [0.25, 0.3) is 0 Å². The van der Waals surface area contributed by atoms with Crippen LogP contribution in [0.3, 0.4) is 0 Å². The zero-order valence-corrected chi connectivity index (χ0v) is 11.2. The lowest BCUT2D eigenvalue weighted by atomic mass is 10.0. The van der Waals surface area contributed by atoms with Gasteiger partial charge < -0.3 is 9.80 Å². The van der Waals surface area contributed by atoms with Crippen LogP contribution >= 0.6 is 0 Å². The first kappa shape index (κ1) is 13.0. The number of hydrogen-bond acceptors (Lipinski definition) is 2. The molecular weight excluding hydrogens is 231 g/mol. The number of likely N-dealkylation sites (N-methyl/N-ethyl adjacent to an activating group) is 1. The van der Waals surface area contributed by atoms with Gasteiger partial charge in [0.15, 0.2) is 5.78 Å². The van der Waals surface area contributed by atoms with Gasteiger partial charge in [-0.25, -0.2) is 4.39 Å². The highest BCUT2D eigenvalue weighted by atomic mass is 19.1. The van der Waals surface area contributed by atoms with Gasteiger partial charge in [-0.05, 0) is 31.5 Å². The molecular formula is C14H20FN2O+. The van der Waals surface area contributed by atoms with E-state index >= 15 is 0 Å². The number of nitrogens with zero attached hydrogens (tertiary/aromatic N) is 1. The summed E-state index contributed by atoms with van der Waals surface area (Å²) in [5.74, 6) is -0.369. The second kappa shape index (κ2) is 5.06. The fourth-order valence-corrected chi connectivity index (χ4v) is 2.42. The molecule has 0 saturated carbocycles. The third kappa shape index (κ3) is 2.53. The number of anilines is 1. The third-order valence-corrected chi connectivity index (χ3v) is 3.63. The van der Waals surface area contributed by atoms with Gasteiger partial charge in [-0.1, -0.05) is 0 Å². The van der Waals surface area contributed by atoms with Crippen molar-refractivity contribution in [2.24, 2.45) is 0 Å². The summed E-state index contributed by atoms with van der Waals surface area (Å²) in [7, 11) is 2.15. The molecule has 3 nitrogen and oxygen atoms in total. The number of aryl methyl sites for hydroxylation is 1. The van der Waals surface area contributed by atoms with Gasteiger partial charge in [0.2, 0.25) is 0 Å². The molecule has 0 aromatic heterocycles. The minimum absolute atomic E-state index is 0.0826. The van der Waals surface area contributed by atoms with Gasteiger partial charge in [-0.3, -0.25) is 4.79 Å². The Bertz CT molecular complexity index is 465. The molecule has 0 atom stereocenters. The van der Waals surface area contributed by atoms with E-state index in [1.165, 1.54) is 17.9 Å². The van der Waals surface area contributed by atoms with Crippen molar-refractivity contribution in [1.29, 1.82) is 0 Å². The van der Waals surface area contributed by atoms with Crippen LogP contribution in [0.2, 0.25) is 0 Å². The average Bonchev–Trinajstić information content (AvgIpc) is 2.32.